The highest BCUT2D eigenvalue weighted by atomic mass is 79.9. The molecule has 2 aromatic rings. The molecule has 1 unspecified atom stereocenters. The lowest BCUT2D eigenvalue weighted by atomic mass is 9.94. The Hall–Kier alpha value is -1.67. The van der Waals surface area contributed by atoms with Crippen LogP contribution in [0.1, 0.15) is 46.4 Å². The number of allylic oxidation sites excluding steroid dienone is 3. The molecule has 1 fully saturated rings. The molecule has 1 aromatic heterocycles. The van der Waals surface area contributed by atoms with Crippen molar-refractivity contribution < 1.29 is 9.94 Å². The van der Waals surface area contributed by atoms with Crippen molar-refractivity contribution in [2.45, 2.75) is 57.4 Å². The SMILES string of the molecule is C=CC(Br)=C(C=CNO)S(=CC)c1ccc2c(c1)nc(C(C)(C)C)n2CC1CCOCC1. The molecule has 174 valence electrons. The molecule has 1 saturated heterocycles. The van der Waals surface area contributed by atoms with E-state index in [0.29, 0.717) is 5.92 Å². The molecule has 0 spiro atoms. The second kappa shape index (κ2) is 11.0. The molecule has 0 aliphatic carbocycles. The van der Waals surface area contributed by atoms with Crippen LogP contribution < -0.4 is 5.48 Å². The van der Waals surface area contributed by atoms with Crippen molar-refractivity contribution in [2.75, 3.05) is 13.2 Å². The van der Waals surface area contributed by atoms with Gasteiger partial charge in [0.25, 0.3) is 0 Å². The molecule has 7 heteroatoms. The third-order valence-corrected chi connectivity index (χ3v) is 8.70. The minimum absolute atomic E-state index is 0.0462. The van der Waals surface area contributed by atoms with E-state index in [1.54, 1.807) is 6.08 Å². The normalized spacial score (nSPS) is 17.7. The molecule has 0 radical (unpaired) electrons. The Bertz CT molecular complexity index is 1060. The van der Waals surface area contributed by atoms with Crippen molar-refractivity contribution in [2.24, 2.45) is 5.92 Å². The summed E-state index contributed by atoms with van der Waals surface area (Å²) in [5, 5.41) is 11.2. The van der Waals surface area contributed by atoms with Crippen LogP contribution in [0.25, 0.3) is 11.0 Å². The Labute approximate surface area is 202 Å². The van der Waals surface area contributed by atoms with E-state index in [-0.39, 0.29) is 15.9 Å². The summed E-state index contributed by atoms with van der Waals surface area (Å²) in [5.41, 5.74) is 4.26. The monoisotopic (exact) mass is 519 g/mol. The number of benzene rings is 1. The summed E-state index contributed by atoms with van der Waals surface area (Å²) in [7, 11) is -0.312. The molecule has 1 atom stereocenters. The first-order valence-electron chi connectivity index (χ1n) is 11.0. The standard InChI is InChI=1S/C25H34BrN3O2S/c1-6-20(26)23(10-13-27-30)32(7-2)19-8-9-22-21(16-19)28-24(25(3,4)5)29(22)17-18-11-14-31-15-12-18/h6-10,13,16,18,27,30H,1,11-12,14-15,17H2,2-5H3. The van der Waals surface area contributed by atoms with E-state index in [9.17, 15) is 0 Å². The first-order valence-corrected chi connectivity index (χ1v) is 13.1. The van der Waals surface area contributed by atoms with Crippen molar-refractivity contribution in [3.05, 3.63) is 58.3 Å². The highest BCUT2D eigenvalue weighted by Crippen LogP contribution is 2.41. The zero-order valence-corrected chi connectivity index (χ0v) is 21.8. The molecule has 2 heterocycles. The van der Waals surface area contributed by atoms with Crippen LogP contribution in [0, 0.1) is 5.92 Å². The number of nitrogens with zero attached hydrogens (tertiary/aromatic N) is 2. The molecule has 2 N–H and O–H groups in total. The Morgan fingerprint density at radius 3 is 2.69 bits per heavy atom. The number of imidazole rings is 1. The number of fused-ring (bicyclic) bond motifs is 1. The number of aromatic nitrogens is 2. The molecule has 0 amide bonds. The maximum absolute atomic E-state index is 9.05. The largest absolute Gasteiger partial charge is 0.381 e. The third kappa shape index (κ3) is 5.63. The van der Waals surface area contributed by atoms with E-state index in [0.717, 1.165) is 53.3 Å². The summed E-state index contributed by atoms with van der Waals surface area (Å²) in [6.45, 7) is 15.3. The Kier molecular flexibility index (Phi) is 8.55. The van der Waals surface area contributed by atoms with E-state index in [1.807, 2.05) is 6.08 Å². The number of hydrogen-bond acceptors (Lipinski definition) is 4. The zero-order chi connectivity index (χ0) is 23.3. The highest BCUT2D eigenvalue weighted by molar-refractivity contribution is 9.12. The van der Waals surface area contributed by atoms with Crippen molar-refractivity contribution in [3.63, 3.8) is 0 Å². The van der Waals surface area contributed by atoms with E-state index in [2.05, 4.69) is 83.8 Å². The van der Waals surface area contributed by atoms with Gasteiger partial charge in [-0.1, -0.05) is 38.8 Å². The zero-order valence-electron chi connectivity index (χ0n) is 19.4. The van der Waals surface area contributed by atoms with Gasteiger partial charge in [0, 0.05) is 45.7 Å². The number of rotatable bonds is 7. The molecule has 5 nitrogen and oxygen atoms in total. The molecule has 1 aromatic carbocycles. The summed E-state index contributed by atoms with van der Waals surface area (Å²) in [6, 6.07) is 6.62. The molecule has 0 saturated carbocycles. The summed E-state index contributed by atoms with van der Waals surface area (Å²) < 4.78 is 8.89. The Balaban J connectivity index is 2.10. The van der Waals surface area contributed by atoms with E-state index in [4.69, 9.17) is 14.9 Å². The van der Waals surface area contributed by atoms with E-state index in [1.165, 1.54) is 16.6 Å². The van der Waals surface area contributed by atoms with Crippen LogP contribution in [0.2, 0.25) is 0 Å². The van der Waals surface area contributed by atoms with Gasteiger partial charge < -0.3 is 9.30 Å². The third-order valence-electron chi connectivity index (χ3n) is 5.62. The van der Waals surface area contributed by atoms with Gasteiger partial charge in [0.05, 0.1) is 11.0 Å². The van der Waals surface area contributed by atoms with Gasteiger partial charge >= 0.3 is 0 Å². The lowest BCUT2D eigenvalue weighted by Crippen LogP contribution is -2.25. The Morgan fingerprint density at radius 1 is 1.38 bits per heavy atom. The number of nitrogens with one attached hydrogen (secondary N) is 1. The number of hydrogen-bond donors (Lipinski definition) is 2. The molecule has 0 bridgehead atoms. The second-order valence-corrected chi connectivity index (χ2v) is 11.9. The van der Waals surface area contributed by atoms with Crippen LogP contribution >= 0.6 is 26.4 Å². The summed E-state index contributed by atoms with van der Waals surface area (Å²) in [6.07, 6.45) is 7.36. The average molecular weight is 521 g/mol. The van der Waals surface area contributed by atoms with Crippen LogP contribution in [-0.2, 0) is 16.7 Å². The van der Waals surface area contributed by atoms with E-state index < -0.39 is 0 Å². The van der Waals surface area contributed by atoms with Crippen molar-refractivity contribution in [1.82, 2.24) is 15.0 Å². The van der Waals surface area contributed by atoms with Gasteiger partial charge in [-0.15, -0.1) is 10.5 Å². The maximum Gasteiger partial charge on any atom is 0.115 e. The average Bonchev–Trinajstić information content (AvgIpc) is 3.15. The molecular formula is C25H34BrN3O2S. The van der Waals surface area contributed by atoms with Gasteiger partial charge in [-0.2, -0.15) is 0 Å². The van der Waals surface area contributed by atoms with Gasteiger partial charge in [0.1, 0.15) is 5.82 Å². The first kappa shape index (κ1) is 25.0. The van der Waals surface area contributed by atoms with Crippen molar-refractivity contribution in [3.8, 4) is 0 Å². The molecule has 1 aliphatic rings. The minimum Gasteiger partial charge on any atom is -0.381 e. The Morgan fingerprint density at radius 2 is 2.09 bits per heavy atom. The van der Waals surface area contributed by atoms with Gasteiger partial charge in [-0.05, 0) is 65.9 Å². The van der Waals surface area contributed by atoms with Gasteiger partial charge in [0.15, 0.2) is 0 Å². The quantitative estimate of drug-likeness (QED) is 0.249. The van der Waals surface area contributed by atoms with Crippen molar-refractivity contribution in [1.29, 1.82) is 0 Å². The van der Waals surface area contributed by atoms with Crippen LogP contribution in [0.15, 0.2) is 57.4 Å². The fourth-order valence-electron chi connectivity index (χ4n) is 4.05. The molecule has 32 heavy (non-hydrogen) atoms. The topological polar surface area (TPSA) is 59.3 Å². The van der Waals surface area contributed by atoms with Crippen LogP contribution in [0.4, 0.5) is 0 Å². The van der Waals surface area contributed by atoms with Gasteiger partial charge in [-0.25, -0.2) is 4.98 Å². The number of hydroxylamine groups is 1. The highest BCUT2D eigenvalue weighted by Gasteiger charge is 2.25. The molecule has 1 aliphatic heterocycles. The van der Waals surface area contributed by atoms with Crippen LogP contribution in [-0.4, -0.2) is 33.3 Å². The van der Waals surface area contributed by atoms with E-state index >= 15 is 0 Å². The lowest BCUT2D eigenvalue weighted by Gasteiger charge is -2.26. The summed E-state index contributed by atoms with van der Waals surface area (Å²) in [4.78, 5) is 7.32. The minimum atomic E-state index is -0.312. The predicted molar refractivity (Wildman–Crippen MR) is 140 cm³/mol. The lowest BCUT2D eigenvalue weighted by molar-refractivity contribution is 0.0611. The number of ether oxygens (including phenoxy) is 1. The predicted octanol–water partition coefficient (Wildman–Crippen LogP) is 6.50. The second-order valence-electron chi connectivity index (χ2n) is 8.95. The fourth-order valence-corrected chi connectivity index (χ4v) is 6.45. The van der Waals surface area contributed by atoms with Crippen LogP contribution in [0.3, 0.4) is 0 Å². The first-order chi connectivity index (χ1) is 15.3. The van der Waals surface area contributed by atoms with Crippen LogP contribution in [0.5, 0.6) is 0 Å². The van der Waals surface area contributed by atoms with Gasteiger partial charge in [-0.3, -0.25) is 10.7 Å². The van der Waals surface area contributed by atoms with Crippen molar-refractivity contribution >= 4 is 42.8 Å². The molecular weight excluding hydrogens is 486 g/mol. The molecule has 3 rings (SSSR count). The smallest absolute Gasteiger partial charge is 0.115 e. The summed E-state index contributed by atoms with van der Waals surface area (Å²) >= 11 is 3.62. The maximum atomic E-state index is 9.05. The fraction of sp³-hybridized carbons (Fsp3) is 0.440. The number of halogens is 1. The summed E-state index contributed by atoms with van der Waals surface area (Å²) in [5.74, 6) is 1.75. The van der Waals surface area contributed by atoms with Gasteiger partial charge in [0.2, 0.25) is 0 Å².